The summed E-state index contributed by atoms with van der Waals surface area (Å²) in [5.74, 6) is 0.220. The molecular weight excluding hydrogens is 364 g/mol. The van der Waals surface area contributed by atoms with Gasteiger partial charge >= 0.3 is 6.61 Å². The molecule has 1 aliphatic carbocycles. The van der Waals surface area contributed by atoms with Crippen LogP contribution < -0.4 is 14.8 Å². The van der Waals surface area contributed by atoms with Gasteiger partial charge in [0.05, 0.1) is 13.2 Å². The number of halogens is 2. The quantitative estimate of drug-likeness (QED) is 0.657. The van der Waals surface area contributed by atoms with Gasteiger partial charge in [-0.05, 0) is 43.4 Å². The van der Waals surface area contributed by atoms with Crippen molar-refractivity contribution in [3.05, 3.63) is 65.2 Å². The SMILES string of the molecule is COc1cccc(/C=C\C(=O)N[C@H](c2ccc(C)cc2)C2CC2)c1OC(F)F. The Morgan fingerprint density at radius 1 is 1.18 bits per heavy atom. The molecule has 0 radical (unpaired) electrons. The van der Waals surface area contributed by atoms with Gasteiger partial charge in [-0.3, -0.25) is 4.79 Å². The molecule has 0 saturated heterocycles. The van der Waals surface area contributed by atoms with Crippen LogP contribution in [0.4, 0.5) is 8.78 Å². The normalized spacial score (nSPS) is 14.9. The number of carbonyl (C=O) groups excluding carboxylic acids is 1. The van der Waals surface area contributed by atoms with Gasteiger partial charge in [0.2, 0.25) is 5.91 Å². The molecule has 0 aliphatic heterocycles. The van der Waals surface area contributed by atoms with Crippen LogP contribution in [0.25, 0.3) is 6.08 Å². The largest absolute Gasteiger partial charge is 0.493 e. The maximum Gasteiger partial charge on any atom is 0.387 e. The first kappa shape index (κ1) is 19.9. The molecule has 1 atom stereocenters. The minimum atomic E-state index is -2.99. The number of aryl methyl sites for hydroxylation is 1. The third-order valence-electron chi connectivity index (χ3n) is 4.68. The lowest BCUT2D eigenvalue weighted by Gasteiger charge is -2.18. The van der Waals surface area contributed by atoms with Gasteiger partial charge in [0.25, 0.3) is 0 Å². The molecule has 0 spiro atoms. The highest BCUT2D eigenvalue weighted by Gasteiger charge is 2.33. The second kappa shape index (κ2) is 8.87. The van der Waals surface area contributed by atoms with Gasteiger partial charge in [0.15, 0.2) is 11.5 Å². The Morgan fingerprint density at radius 2 is 1.89 bits per heavy atom. The van der Waals surface area contributed by atoms with E-state index in [4.69, 9.17) is 4.74 Å². The van der Waals surface area contributed by atoms with E-state index in [9.17, 15) is 13.6 Å². The van der Waals surface area contributed by atoms with Crippen LogP contribution in [0.3, 0.4) is 0 Å². The Hall–Kier alpha value is -2.89. The second-order valence-corrected chi connectivity index (χ2v) is 6.82. The molecule has 4 nitrogen and oxygen atoms in total. The molecule has 2 aromatic carbocycles. The topological polar surface area (TPSA) is 47.6 Å². The van der Waals surface area contributed by atoms with Crippen molar-refractivity contribution >= 4 is 12.0 Å². The Bertz CT molecular complexity index is 845. The van der Waals surface area contributed by atoms with Gasteiger partial charge < -0.3 is 14.8 Å². The fourth-order valence-electron chi connectivity index (χ4n) is 3.08. The van der Waals surface area contributed by atoms with Crippen molar-refractivity contribution in [3.8, 4) is 11.5 Å². The van der Waals surface area contributed by atoms with Crippen molar-refractivity contribution in [1.29, 1.82) is 0 Å². The molecule has 1 N–H and O–H groups in total. The zero-order chi connectivity index (χ0) is 20.1. The van der Waals surface area contributed by atoms with Gasteiger partial charge in [-0.15, -0.1) is 0 Å². The summed E-state index contributed by atoms with van der Waals surface area (Å²) in [5.41, 5.74) is 2.57. The maximum atomic E-state index is 12.7. The number of hydrogen-bond acceptors (Lipinski definition) is 3. The van der Waals surface area contributed by atoms with Gasteiger partial charge in [-0.25, -0.2) is 0 Å². The van der Waals surface area contributed by atoms with Crippen molar-refractivity contribution in [2.45, 2.75) is 32.4 Å². The molecule has 148 valence electrons. The van der Waals surface area contributed by atoms with E-state index in [1.807, 2.05) is 31.2 Å². The molecule has 28 heavy (non-hydrogen) atoms. The molecule has 1 saturated carbocycles. The minimum Gasteiger partial charge on any atom is -0.493 e. The lowest BCUT2D eigenvalue weighted by atomic mass is 10.0. The summed E-state index contributed by atoms with van der Waals surface area (Å²) in [6, 6.07) is 12.8. The molecule has 3 rings (SSSR count). The second-order valence-electron chi connectivity index (χ2n) is 6.82. The first-order valence-electron chi connectivity index (χ1n) is 9.15. The Morgan fingerprint density at radius 3 is 2.50 bits per heavy atom. The van der Waals surface area contributed by atoms with E-state index in [1.165, 1.54) is 25.3 Å². The van der Waals surface area contributed by atoms with Crippen molar-refractivity contribution < 1.29 is 23.0 Å². The lowest BCUT2D eigenvalue weighted by molar-refractivity contribution is -0.117. The number of methoxy groups -OCH3 is 1. The standard InChI is InChI=1S/C22H23F2NO3/c1-14-6-8-15(9-7-14)20(16-10-11-16)25-19(26)13-12-17-4-3-5-18(27-2)21(17)28-22(23)24/h3-9,12-13,16,20,22H,10-11H2,1-2H3,(H,25,26)/b13-12-/t20-/m1/s1. The lowest BCUT2D eigenvalue weighted by Crippen LogP contribution is -2.28. The highest BCUT2D eigenvalue weighted by atomic mass is 19.3. The van der Waals surface area contributed by atoms with Crippen LogP contribution in [0.15, 0.2) is 48.5 Å². The number of rotatable bonds is 8. The van der Waals surface area contributed by atoms with Crippen LogP contribution in [-0.2, 0) is 4.79 Å². The van der Waals surface area contributed by atoms with Gasteiger partial charge in [0.1, 0.15) is 0 Å². The molecule has 0 heterocycles. The average molecular weight is 387 g/mol. The molecule has 6 heteroatoms. The van der Waals surface area contributed by atoms with E-state index >= 15 is 0 Å². The van der Waals surface area contributed by atoms with E-state index in [2.05, 4.69) is 10.1 Å². The van der Waals surface area contributed by atoms with E-state index < -0.39 is 6.61 Å². The van der Waals surface area contributed by atoms with Crippen molar-refractivity contribution in [1.82, 2.24) is 5.32 Å². The number of ether oxygens (including phenoxy) is 2. The van der Waals surface area contributed by atoms with E-state index in [0.717, 1.165) is 24.0 Å². The summed E-state index contributed by atoms with van der Waals surface area (Å²) >= 11 is 0. The molecular formula is C22H23F2NO3. The zero-order valence-electron chi connectivity index (χ0n) is 15.8. The number of alkyl halides is 2. The fraction of sp³-hybridized carbons (Fsp3) is 0.318. The van der Waals surface area contributed by atoms with Crippen LogP contribution in [0.5, 0.6) is 11.5 Å². The molecule has 1 fully saturated rings. The van der Waals surface area contributed by atoms with E-state index in [0.29, 0.717) is 11.5 Å². The number of hydrogen-bond donors (Lipinski definition) is 1. The summed E-state index contributed by atoms with van der Waals surface area (Å²) in [6.45, 7) is -0.970. The van der Waals surface area contributed by atoms with Gasteiger partial charge in [-0.2, -0.15) is 8.78 Å². The predicted octanol–water partition coefficient (Wildman–Crippen LogP) is 4.89. The smallest absolute Gasteiger partial charge is 0.387 e. The number of benzene rings is 2. The van der Waals surface area contributed by atoms with Crippen molar-refractivity contribution in [2.75, 3.05) is 7.11 Å². The fourth-order valence-corrected chi connectivity index (χ4v) is 3.08. The molecule has 1 aliphatic rings. The highest BCUT2D eigenvalue weighted by Crippen LogP contribution is 2.41. The number of amides is 1. The molecule has 2 aromatic rings. The summed E-state index contributed by atoms with van der Waals surface area (Å²) in [4.78, 5) is 12.5. The Labute approximate surface area is 163 Å². The van der Waals surface area contributed by atoms with Crippen LogP contribution in [0.1, 0.15) is 35.6 Å². The minimum absolute atomic E-state index is 0.0557. The molecule has 0 bridgehead atoms. The molecule has 0 aromatic heterocycles. The van der Waals surface area contributed by atoms with Crippen LogP contribution in [0, 0.1) is 12.8 Å². The number of para-hydroxylation sites is 1. The Balaban J connectivity index is 1.75. The zero-order valence-corrected chi connectivity index (χ0v) is 15.8. The summed E-state index contributed by atoms with van der Waals surface area (Å²) in [5, 5.41) is 3.03. The predicted molar refractivity (Wildman–Crippen MR) is 103 cm³/mol. The first-order valence-corrected chi connectivity index (χ1v) is 9.15. The molecule has 0 unspecified atom stereocenters. The maximum absolute atomic E-state index is 12.7. The first-order chi connectivity index (χ1) is 13.5. The Kier molecular flexibility index (Phi) is 6.29. The van der Waals surface area contributed by atoms with E-state index in [-0.39, 0.29) is 23.4 Å². The van der Waals surface area contributed by atoms with Crippen molar-refractivity contribution in [3.63, 3.8) is 0 Å². The van der Waals surface area contributed by atoms with Crippen LogP contribution >= 0.6 is 0 Å². The summed E-state index contributed by atoms with van der Waals surface area (Å²) in [6.07, 6.45) is 4.93. The van der Waals surface area contributed by atoms with Gasteiger partial charge in [-0.1, -0.05) is 42.0 Å². The molecule has 1 amide bonds. The summed E-state index contributed by atoms with van der Waals surface area (Å²) < 4.78 is 35.1. The summed E-state index contributed by atoms with van der Waals surface area (Å²) in [7, 11) is 1.37. The monoisotopic (exact) mass is 387 g/mol. The number of nitrogens with one attached hydrogen (secondary N) is 1. The average Bonchev–Trinajstić information content (AvgIpc) is 3.50. The highest BCUT2D eigenvalue weighted by molar-refractivity contribution is 5.92. The number of carbonyl (C=O) groups is 1. The van der Waals surface area contributed by atoms with Crippen molar-refractivity contribution in [2.24, 2.45) is 5.92 Å². The van der Waals surface area contributed by atoms with Crippen LogP contribution in [0.2, 0.25) is 0 Å². The van der Waals surface area contributed by atoms with Gasteiger partial charge in [0, 0.05) is 11.6 Å². The third-order valence-corrected chi connectivity index (χ3v) is 4.68. The third kappa shape index (κ3) is 5.09. The van der Waals surface area contributed by atoms with Crippen LogP contribution in [-0.4, -0.2) is 19.6 Å². The van der Waals surface area contributed by atoms with E-state index in [1.54, 1.807) is 12.1 Å².